The number of likely N-dealkylation sites (N-methyl/N-ethyl adjacent to an activating group) is 1. The lowest BCUT2D eigenvalue weighted by Gasteiger charge is -2.38. The monoisotopic (exact) mass is 199 g/mol. The van der Waals surface area contributed by atoms with Crippen LogP contribution in [-0.4, -0.2) is 35.1 Å². The third-order valence-electron chi connectivity index (χ3n) is 3.26. The fourth-order valence-electron chi connectivity index (χ4n) is 1.95. The summed E-state index contributed by atoms with van der Waals surface area (Å²) in [6.45, 7) is 2.10. The Morgan fingerprint density at radius 2 is 2.21 bits per heavy atom. The minimum absolute atomic E-state index is 0.264. The molecule has 0 bridgehead atoms. The Morgan fingerprint density at radius 1 is 1.57 bits per heavy atom. The van der Waals surface area contributed by atoms with Crippen molar-refractivity contribution in [2.75, 3.05) is 7.05 Å². The van der Waals surface area contributed by atoms with Gasteiger partial charge in [-0.25, -0.2) is 0 Å². The van der Waals surface area contributed by atoms with Crippen molar-refractivity contribution in [3.8, 4) is 0 Å². The molecule has 1 aliphatic rings. The zero-order chi connectivity index (χ0) is 10.6. The first-order valence-corrected chi connectivity index (χ1v) is 5.61. The van der Waals surface area contributed by atoms with Crippen LogP contribution in [0.2, 0.25) is 0 Å². The molecule has 1 unspecified atom stereocenters. The summed E-state index contributed by atoms with van der Waals surface area (Å²) in [7, 11) is 1.96. The van der Waals surface area contributed by atoms with Gasteiger partial charge < -0.3 is 5.11 Å². The van der Waals surface area contributed by atoms with Gasteiger partial charge in [0, 0.05) is 6.04 Å². The number of rotatable bonds is 6. The lowest BCUT2D eigenvalue weighted by Crippen LogP contribution is -2.47. The van der Waals surface area contributed by atoms with E-state index in [1.54, 1.807) is 0 Å². The van der Waals surface area contributed by atoms with Crippen LogP contribution >= 0.6 is 0 Å². The highest BCUT2D eigenvalue weighted by Crippen LogP contribution is 2.26. The summed E-state index contributed by atoms with van der Waals surface area (Å²) in [6.07, 6.45) is 6.48. The Kier molecular flexibility index (Phi) is 4.39. The van der Waals surface area contributed by atoms with Crippen LogP contribution in [-0.2, 0) is 4.79 Å². The van der Waals surface area contributed by atoms with Gasteiger partial charge in [-0.15, -0.1) is 0 Å². The van der Waals surface area contributed by atoms with Gasteiger partial charge in [0.1, 0.15) is 6.04 Å². The molecule has 3 heteroatoms. The average Bonchev–Trinajstić information content (AvgIpc) is 2.01. The molecule has 1 saturated carbocycles. The van der Waals surface area contributed by atoms with Gasteiger partial charge in [-0.1, -0.05) is 26.2 Å². The van der Waals surface area contributed by atoms with E-state index in [9.17, 15) is 4.79 Å². The SMILES string of the molecule is CCCCC(C(=O)O)N(C)C1CCC1. The van der Waals surface area contributed by atoms with E-state index in [2.05, 4.69) is 11.8 Å². The number of carboxylic acids is 1. The summed E-state index contributed by atoms with van der Waals surface area (Å²) in [5.41, 5.74) is 0. The van der Waals surface area contributed by atoms with Gasteiger partial charge in [0.15, 0.2) is 0 Å². The van der Waals surface area contributed by atoms with Gasteiger partial charge >= 0.3 is 5.97 Å². The van der Waals surface area contributed by atoms with Crippen LogP contribution in [0.15, 0.2) is 0 Å². The number of carbonyl (C=O) groups is 1. The standard InChI is InChI=1S/C11H21NO2/c1-3-4-8-10(11(13)14)12(2)9-6-5-7-9/h9-10H,3-8H2,1-2H3,(H,13,14). The van der Waals surface area contributed by atoms with Crippen molar-refractivity contribution >= 4 is 5.97 Å². The Hall–Kier alpha value is -0.570. The molecule has 1 rings (SSSR count). The molecule has 1 N–H and O–H groups in total. The highest BCUT2D eigenvalue weighted by Gasteiger charge is 2.30. The van der Waals surface area contributed by atoms with Crippen LogP contribution in [0.25, 0.3) is 0 Å². The number of hydrogen-bond donors (Lipinski definition) is 1. The fraction of sp³-hybridized carbons (Fsp3) is 0.909. The van der Waals surface area contributed by atoms with Crippen molar-refractivity contribution in [3.63, 3.8) is 0 Å². The van der Waals surface area contributed by atoms with E-state index in [1.807, 2.05) is 7.05 Å². The topological polar surface area (TPSA) is 40.5 Å². The maximum atomic E-state index is 11.0. The smallest absolute Gasteiger partial charge is 0.320 e. The predicted octanol–water partition coefficient (Wildman–Crippen LogP) is 2.11. The summed E-state index contributed by atoms with van der Waals surface area (Å²) < 4.78 is 0. The quantitative estimate of drug-likeness (QED) is 0.712. The van der Waals surface area contributed by atoms with Crippen LogP contribution in [0.1, 0.15) is 45.4 Å². The van der Waals surface area contributed by atoms with E-state index in [0.29, 0.717) is 6.04 Å². The number of nitrogens with zero attached hydrogens (tertiary/aromatic N) is 1. The molecule has 0 aromatic heterocycles. The summed E-state index contributed by atoms with van der Waals surface area (Å²) in [4.78, 5) is 13.1. The average molecular weight is 199 g/mol. The van der Waals surface area contributed by atoms with Gasteiger partial charge in [0.2, 0.25) is 0 Å². The second kappa shape index (κ2) is 5.35. The maximum absolute atomic E-state index is 11.0. The Balaban J connectivity index is 2.43. The lowest BCUT2D eigenvalue weighted by molar-refractivity contribution is -0.144. The lowest BCUT2D eigenvalue weighted by atomic mass is 9.90. The zero-order valence-corrected chi connectivity index (χ0v) is 9.20. The third-order valence-corrected chi connectivity index (χ3v) is 3.26. The third kappa shape index (κ3) is 2.71. The number of aliphatic carboxylic acids is 1. The van der Waals surface area contributed by atoms with Crippen molar-refractivity contribution in [2.45, 2.75) is 57.5 Å². The molecule has 0 aromatic rings. The van der Waals surface area contributed by atoms with Gasteiger partial charge in [-0.05, 0) is 26.3 Å². The van der Waals surface area contributed by atoms with Crippen LogP contribution in [0.3, 0.4) is 0 Å². The van der Waals surface area contributed by atoms with Crippen molar-refractivity contribution < 1.29 is 9.90 Å². The molecule has 0 aliphatic heterocycles. The molecule has 82 valence electrons. The Bertz CT molecular complexity index is 190. The van der Waals surface area contributed by atoms with Crippen molar-refractivity contribution in [1.29, 1.82) is 0 Å². The Labute approximate surface area is 86.1 Å². The first-order chi connectivity index (χ1) is 6.66. The molecule has 0 radical (unpaired) electrons. The van der Waals surface area contributed by atoms with Crippen LogP contribution in [0.5, 0.6) is 0 Å². The van der Waals surface area contributed by atoms with Crippen LogP contribution in [0, 0.1) is 0 Å². The van der Waals surface area contributed by atoms with Gasteiger partial charge in [-0.3, -0.25) is 9.69 Å². The molecule has 0 spiro atoms. The fourth-order valence-corrected chi connectivity index (χ4v) is 1.95. The summed E-state index contributed by atoms with van der Waals surface area (Å²) in [5.74, 6) is -0.659. The largest absolute Gasteiger partial charge is 0.480 e. The Morgan fingerprint density at radius 3 is 2.57 bits per heavy atom. The molecular weight excluding hydrogens is 178 g/mol. The number of hydrogen-bond acceptors (Lipinski definition) is 2. The van der Waals surface area contributed by atoms with E-state index < -0.39 is 5.97 Å². The zero-order valence-electron chi connectivity index (χ0n) is 9.20. The first kappa shape index (κ1) is 11.5. The van der Waals surface area contributed by atoms with Crippen molar-refractivity contribution in [3.05, 3.63) is 0 Å². The van der Waals surface area contributed by atoms with Gasteiger partial charge in [-0.2, -0.15) is 0 Å². The summed E-state index contributed by atoms with van der Waals surface area (Å²) in [6, 6.07) is 0.258. The van der Waals surface area contributed by atoms with E-state index >= 15 is 0 Å². The highest BCUT2D eigenvalue weighted by atomic mass is 16.4. The normalized spacial score (nSPS) is 19.4. The summed E-state index contributed by atoms with van der Waals surface area (Å²) in [5, 5.41) is 9.10. The molecule has 1 atom stereocenters. The van der Waals surface area contributed by atoms with Crippen LogP contribution < -0.4 is 0 Å². The second-order valence-corrected chi connectivity index (χ2v) is 4.25. The molecule has 1 fully saturated rings. The van der Waals surface area contributed by atoms with Crippen LogP contribution in [0.4, 0.5) is 0 Å². The molecule has 0 aromatic carbocycles. The van der Waals surface area contributed by atoms with Gasteiger partial charge in [0.25, 0.3) is 0 Å². The minimum atomic E-state index is -0.659. The molecule has 0 amide bonds. The van der Waals surface area contributed by atoms with E-state index in [0.717, 1.165) is 19.3 Å². The predicted molar refractivity (Wildman–Crippen MR) is 56.4 cm³/mol. The molecular formula is C11H21NO2. The van der Waals surface area contributed by atoms with Gasteiger partial charge in [0.05, 0.1) is 0 Å². The minimum Gasteiger partial charge on any atom is -0.480 e. The van der Waals surface area contributed by atoms with E-state index in [4.69, 9.17) is 5.11 Å². The first-order valence-electron chi connectivity index (χ1n) is 5.61. The van der Waals surface area contributed by atoms with Crippen molar-refractivity contribution in [1.82, 2.24) is 4.90 Å². The molecule has 14 heavy (non-hydrogen) atoms. The molecule has 0 heterocycles. The molecule has 1 aliphatic carbocycles. The van der Waals surface area contributed by atoms with E-state index in [1.165, 1.54) is 19.3 Å². The molecule has 3 nitrogen and oxygen atoms in total. The second-order valence-electron chi connectivity index (χ2n) is 4.25. The van der Waals surface area contributed by atoms with E-state index in [-0.39, 0.29) is 6.04 Å². The van der Waals surface area contributed by atoms with Crippen molar-refractivity contribution in [2.24, 2.45) is 0 Å². The highest BCUT2D eigenvalue weighted by molar-refractivity contribution is 5.73. The maximum Gasteiger partial charge on any atom is 0.320 e. The number of unbranched alkanes of at least 4 members (excludes halogenated alkanes) is 1. The summed E-state index contributed by atoms with van der Waals surface area (Å²) >= 11 is 0. The molecule has 0 saturated heterocycles. The number of carboxylic acid groups (broad SMARTS) is 1.